The number of halogens is 1. The van der Waals surface area contributed by atoms with Gasteiger partial charge in [-0.1, -0.05) is 6.92 Å². The second-order valence-corrected chi connectivity index (χ2v) is 4.97. The van der Waals surface area contributed by atoms with Crippen LogP contribution in [0.5, 0.6) is 0 Å². The predicted molar refractivity (Wildman–Crippen MR) is 70.6 cm³/mol. The van der Waals surface area contributed by atoms with E-state index < -0.39 is 0 Å². The number of aliphatic hydroxyl groups is 1. The van der Waals surface area contributed by atoms with E-state index >= 15 is 0 Å². The number of aromatic nitrogens is 1. The van der Waals surface area contributed by atoms with Crippen LogP contribution < -0.4 is 5.32 Å². The van der Waals surface area contributed by atoms with Crippen LogP contribution in [-0.2, 0) is 0 Å². The van der Waals surface area contributed by atoms with E-state index in [0.717, 1.165) is 35.4 Å². The van der Waals surface area contributed by atoms with E-state index in [9.17, 15) is 0 Å². The van der Waals surface area contributed by atoms with Gasteiger partial charge in [0.25, 0.3) is 0 Å². The third-order valence-corrected chi connectivity index (χ3v) is 3.35. The first-order chi connectivity index (χ1) is 7.63. The lowest BCUT2D eigenvalue weighted by atomic mass is 10.1. The van der Waals surface area contributed by atoms with Crippen molar-refractivity contribution in [1.29, 1.82) is 0 Å². The van der Waals surface area contributed by atoms with Crippen molar-refractivity contribution in [3.05, 3.63) is 22.3 Å². The summed E-state index contributed by atoms with van der Waals surface area (Å²) in [4.78, 5) is 4.40. The second kappa shape index (κ2) is 6.86. The molecule has 0 aromatic carbocycles. The molecule has 0 bridgehead atoms. The molecule has 1 aromatic heterocycles. The first kappa shape index (κ1) is 13.5. The van der Waals surface area contributed by atoms with Gasteiger partial charge in [0.05, 0.1) is 5.69 Å². The van der Waals surface area contributed by atoms with Crippen LogP contribution in [0.2, 0.25) is 0 Å². The van der Waals surface area contributed by atoms with Gasteiger partial charge >= 0.3 is 0 Å². The standard InChI is InChI=1S/C12H19BrN2O/c1-9(8-16)4-3-7-14-12-6-5-11(13)10(2)15-12/h5-6,9,16H,3-4,7-8H2,1-2H3,(H,14,15). The van der Waals surface area contributed by atoms with Gasteiger partial charge in [-0.2, -0.15) is 0 Å². The number of aliphatic hydroxyl groups excluding tert-OH is 1. The monoisotopic (exact) mass is 286 g/mol. The van der Waals surface area contributed by atoms with Crippen molar-refractivity contribution in [2.75, 3.05) is 18.5 Å². The van der Waals surface area contributed by atoms with E-state index in [2.05, 4.69) is 33.2 Å². The highest BCUT2D eigenvalue weighted by Crippen LogP contribution is 2.16. The van der Waals surface area contributed by atoms with Gasteiger partial charge in [0, 0.05) is 17.6 Å². The van der Waals surface area contributed by atoms with Gasteiger partial charge in [-0.3, -0.25) is 0 Å². The first-order valence-corrected chi connectivity index (χ1v) is 6.40. The van der Waals surface area contributed by atoms with Crippen LogP contribution in [0.25, 0.3) is 0 Å². The molecule has 1 aromatic rings. The van der Waals surface area contributed by atoms with Crippen molar-refractivity contribution < 1.29 is 5.11 Å². The van der Waals surface area contributed by atoms with Gasteiger partial charge < -0.3 is 10.4 Å². The van der Waals surface area contributed by atoms with Crippen molar-refractivity contribution in [1.82, 2.24) is 4.98 Å². The summed E-state index contributed by atoms with van der Waals surface area (Å²) in [5.74, 6) is 1.30. The zero-order chi connectivity index (χ0) is 12.0. The smallest absolute Gasteiger partial charge is 0.126 e. The maximum atomic E-state index is 8.88. The lowest BCUT2D eigenvalue weighted by Crippen LogP contribution is -2.07. The first-order valence-electron chi connectivity index (χ1n) is 5.61. The zero-order valence-corrected chi connectivity index (χ0v) is 11.4. The fourth-order valence-corrected chi connectivity index (χ4v) is 1.62. The summed E-state index contributed by atoms with van der Waals surface area (Å²) in [5, 5.41) is 12.2. The molecule has 0 fully saturated rings. The van der Waals surface area contributed by atoms with Crippen LogP contribution in [-0.4, -0.2) is 23.2 Å². The maximum Gasteiger partial charge on any atom is 0.126 e. The van der Waals surface area contributed by atoms with E-state index in [1.54, 1.807) is 0 Å². The molecular formula is C12H19BrN2O. The molecule has 3 nitrogen and oxygen atoms in total. The molecule has 0 aliphatic carbocycles. The average Bonchev–Trinajstić information content (AvgIpc) is 2.28. The Balaban J connectivity index is 2.29. The lowest BCUT2D eigenvalue weighted by molar-refractivity contribution is 0.229. The Labute approximate surface area is 105 Å². The molecule has 1 heterocycles. The van der Waals surface area contributed by atoms with Crippen molar-refractivity contribution in [2.24, 2.45) is 5.92 Å². The molecule has 0 aliphatic rings. The van der Waals surface area contributed by atoms with Crippen LogP contribution in [0.15, 0.2) is 16.6 Å². The minimum Gasteiger partial charge on any atom is -0.396 e. The minimum absolute atomic E-state index is 0.273. The predicted octanol–water partition coefficient (Wildman–Crippen LogP) is 2.97. The Hall–Kier alpha value is -0.610. The summed E-state index contributed by atoms with van der Waals surface area (Å²) >= 11 is 3.42. The van der Waals surface area contributed by atoms with Crippen molar-refractivity contribution in [3.63, 3.8) is 0 Å². The highest BCUT2D eigenvalue weighted by Gasteiger charge is 2.00. The molecule has 1 atom stereocenters. The highest BCUT2D eigenvalue weighted by atomic mass is 79.9. The van der Waals surface area contributed by atoms with Gasteiger partial charge in [0.2, 0.25) is 0 Å². The molecule has 1 rings (SSSR count). The molecule has 0 saturated carbocycles. The minimum atomic E-state index is 0.273. The summed E-state index contributed by atoms with van der Waals surface area (Å²) < 4.78 is 1.03. The molecule has 1 unspecified atom stereocenters. The Morgan fingerprint density at radius 2 is 2.25 bits per heavy atom. The number of nitrogens with one attached hydrogen (secondary N) is 1. The number of anilines is 1. The topological polar surface area (TPSA) is 45.2 Å². The molecule has 0 aliphatic heterocycles. The molecular weight excluding hydrogens is 268 g/mol. The summed E-state index contributed by atoms with van der Waals surface area (Å²) in [6.07, 6.45) is 2.09. The van der Waals surface area contributed by atoms with Gasteiger partial charge in [-0.25, -0.2) is 4.98 Å². The van der Waals surface area contributed by atoms with Gasteiger partial charge in [0.15, 0.2) is 0 Å². The van der Waals surface area contributed by atoms with Crippen molar-refractivity contribution >= 4 is 21.7 Å². The molecule has 90 valence electrons. The van der Waals surface area contributed by atoms with E-state index in [4.69, 9.17) is 5.11 Å². The molecule has 0 amide bonds. The fraction of sp³-hybridized carbons (Fsp3) is 0.583. The third-order valence-electron chi connectivity index (χ3n) is 2.51. The lowest BCUT2D eigenvalue weighted by Gasteiger charge is -2.09. The molecule has 0 radical (unpaired) electrons. The number of aryl methyl sites for hydroxylation is 1. The third kappa shape index (κ3) is 4.49. The van der Waals surface area contributed by atoms with E-state index in [1.165, 1.54) is 0 Å². The molecule has 2 N–H and O–H groups in total. The summed E-state index contributed by atoms with van der Waals surface area (Å²) in [7, 11) is 0. The van der Waals surface area contributed by atoms with Crippen LogP contribution in [0, 0.1) is 12.8 Å². The number of nitrogens with zero attached hydrogens (tertiary/aromatic N) is 1. The number of rotatable bonds is 6. The van der Waals surface area contributed by atoms with Crippen LogP contribution >= 0.6 is 15.9 Å². The molecule has 0 saturated heterocycles. The maximum absolute atomic E-state index is 8.88. The Morgan fingerprint density at radius 3 is 2.88 bits per heavy atom. The van der Waals surface area contributed by atoms with Crippen molar-refractivity contribution in [3.8, 4) is 0 Å². The molecule has 16 heavy (non-hydrogen) atoms. The number of pyridine rings is 1. The largest absolute Gasteiger partial charge is 0.396 e. The fourth-order valence-electron chi connectivity index (χ4n) is 1.40. The average molecular weight is 287 g/mol. The number of hydrogen-bond acceptors (Lipinski definition) is 3. The molecule has 0 spiro atoms. The van der Waals surface area contributed by atoms with Crippen LogP contribution in [0.4, 0.5) is 5.82 Å². The summed E-state index contributed by atoms with van der Waals surface area (Å²) in [6.45, 7) is 5.21. The van der Waals surface area contributed by atoms with Crippen LogP contribution in [0.3, 0.4) is 0 Å². The summed E-state index contributed by atoms with van der Waals surface area (Å²) in [5.41, 5.74) is 0.994. The summed E-state index contributed by atoms with van der Waals surface area (Å²) in [6, 6.07) is 3.97. The Morgan fingerprint density at radius 1 is 1.50 bits per heavy atom. The van der Waals surface area contributed by atoms with E-state index in [1.807, 2.05) is 19.1 Å². The van der Waals surface area contributed by atoms with Gasteiger partial charge in [0.1, 0.15) is 5.82 Å². The quantitative estimate of drug-likeness (QED) is 0.791. The van der Waals surface area contributed by atoms with Crippen LogP contribution in [0.1, 0.15) is 25.5 Å². The SMILES string of the molecule is Cc1nc(NCCCC(C)CO)ccc1Br. The highest BCUT2D eigenvalue weighted by molar-refractivity contribution is 9.10. The van der Waals surface area contributed by atoms with Crippen molar-refractivity contribution in [2.45, 2.75) is 26.7 Å². The zero-order valence-electron chi connectivity index (χ0n) is 9.83. The molecule has 4 heteroatoms. The number of hydrogen-bond donors (Lipinski definition) is 2. The Bertz CT molecular complexity index is 331. The second-order valence-electron chi connectivity index (χ2n) is 4.12. The van der Waals surface area contributed by atoms with Gasteiger partial charge in [-0.05, 0) is 53.7 Å². The van der Waals surface area contributed by atoms with E-state index in [-0.39, 0.29) is 6.61 Å². The normalized spacial score (nSPS) is 12.5. The van der Waals surface area contributed by atoms with Gasteiger partial charge in [-0.15, -0.1) is 0 Å². The Kier molecular flexibility index (Phi) is 5.77. The van der Waals surface area contributed by atoms with E-state index in [0.29, 0.717) is 5.92 Å².